The van der Waals surface area contributed by atoms with Crippen LogP contribution in [0.3, 0.4) is 0 Å². The smallest absolute Gasteiger partial charge is 0.258 e. The van der Waals surface area contributed by atoms with Crippen molar-refractivity contribution in [2.24, 2.45) is 20.5 Å². The number of azo groups is 2. The molecule has 0 saturated heterocycles. The standard InChI is InChI=1S/C48H45Cl5N8O8/c1-6-68-43-30(23-49)10-8-12-37(43)56-45(64)28-14-17-34(52)39(20-28)58-60-41(26(4)62)47(66)54-32-16-19-36(33(22-32)25(3)51)55-48(67)42(27(5)63)61-59-40-21-29(15-18-35(40)53)46(65)57-38-13-9-11-31(24-50)44(38)69-7-2/h8-22,25,41-42H,6-7,23-24H2,1-5H3,(H,54,66)(H,55,67)(H,56,64)(H,57,65). The summed E-state index contributed by atoms with van der Waals surface area (Å²) < 4.78 is 11.4. The van der Waals surface area contributed by atoms with Gasteiger partial charge in [0.05, 0.1) is 51.8 Å². The molecule has 4 amide bonds. The van der Waals surface area contributed by atoms with Gasteiger partial charge in [0.25, 0.3) is 23.6 Å². The van der Waals surface area contributed by atoms with Gasteiger partial charge in [-0.25, -0.2) is 0 Å². The van der Waals surface area contributed by atoms with Crippen molar-refractivity contribution in [3.8, 4) is 11.5 Å². The van der Waals surface area contributed by atoms with Crippen LogP contribution in [0.4, 0.5) is 34.1 Å². The van der Waals surface area contributed by atoms with Crippen LogP contribution in [0, 0.1) is 0 Å². The van der Waals surface area contributed by atoms with Crippen LogP contribution in [-0.2, 0) is 30.9 Å². The molecule has 360 valence electrons. The number of carbonyl (C=O) groups is 6. The Labute approximate surface area is 422 Å². The zero-order valence-electron chi connectivity index (χ0n) is 37.7. The van der Waals surface area contributed by atoms with E-state index < -0.39 is 52.7 Å². The van der Waals surface area contributed by atoms with Crippen LogP contribution in [0.25, 0.3) is 0 Å². The number of amides is 4. The summed E-state index contributed by atoms with van der Waals surface area (Å²) in [5, 5.41) is 26.4. The summed E-state index contributed by atoms with van der Waals surface area (Å²) in [6.07, 6.45) is 0. The summed E-state index contributed by atoms with van der Waals surface area (Å²) in [6, 6.07) is 19.8. The molecule has 3 atom stereocenters. The molecule has 3 unspecified atom stereocenters. The van der Waals surface area contributed by atoms with Gasteiger partial charge in [0.1, 0.15) is 22.9 Å². The van der Waals surface area contributed by atoms with Gasteiger partial charge in [-0.3, -0.25) is 28.8 Å². The predicted molar refractivity (Wildman–Crippen MR) is 269 cm³/mol. The van der Waals surface area contributed by atoms with Gasteiger partial charge in [-0.15, -0.1) is 34.8 Å². The largest absolute Gasteiger partial charge is 0.491 e. The molecule has 5 rings (SSSR count). The Hall–Kier alpha value is -6.43. The predicted octanol–water partition coefficient (Wildman–Crippen LogP) is 12.4. The van der Waals surface area contributed by atoms with Crippen LogP contribution in [0.5, 0.6) is 11.5 Å². The van der Waals surface area contributed by atoms with Crippen LogP contribution in [0.15, 0.2) is 111 Å². The maximum absolute atomic E-state index is 13.6. The summed E-state index contributed by atoms with van der Waals surface area (Å²) in [4.78, 5) is 79.2. The third kappa shape index (κ3) is 14.1. The van der Waals surface area contributed by atoms with E-state index in [0.717, 1.165) is 13.8 Å². The van der Waals surface area contributed by atoms with Crippen LogP contribution in [0.1, 0.15) is 77.4 Å². The van der Waals surface area contributed by atoms with Gasteiger partial charge in [0.2, 0.25) is 12.1 Å². The molecule has 21 heteroatoms. The summed E-state index contributed by atoms with van der Waals surface area (Å²) in [5.41, 5.74) is 3.11. The number of ether oxygens (including phenoxy) is 2. The molecule has 69 heavy (non-hydrogen) atoms. The third-order valence-corrected chi connectivity index (χ3v) is 11.3. The lowest BCUT2D eigenvalue weighted by Gasteiger charge is -2.17. The number of anilines is 4. The number of ketones is 2. The molecule has 0 aliphatic carbocycles. The van der Waals surface area contributed by atoms with E-state index >= 15 is 0 Å². The van der Waals surface area contributed by atoms with Crippen molar-refractivity contribution in [3.63, 3.8) is 0 Å². The maximum atomic E-state index is 13.6. The monoisotopic (exact) mass is 1040 g/mol. The van der Waals surface area contributed by atoms with Crippen molar-refractivity contribution in [1.29, 1.82) is 0 Å². The zero-order valence-corrected chi connectivity index (χ0v) is 41.4. The molecule has 0 spiro atoms. The van der Waals surface area contributed by atoms with Crippen LogP contribution in [-0.4, -0.2) is 60.5 Å². The first-order chi connectivity index (χ1) is 33.0. The highest BCUT2D eigenvalue weighted by Crippen LogP contribution is 2.35. The molecule has 16 nitrogen and oxygen atoms in total. The van der Waals surface area contributed by atoms with Crippen LogP contribution < -0.4 is 30.7 Å². The average Bonchev–Trinajstić information content (AvgIpc) is 3.31. The quantitative estimate of drug-likeness (QED) is 0.0314. The minimum Gasteiger partial charge on any atom is -0.491 e. The van der Waals surface area contributed by atoms with Crippen molar-refractivity contribution in [2.45, 2.75) is 63.8 Å². The number of hydrogen-bond donors (Lipinski definition) is 4. The number of halogens is 5. The molecule has 0 aromatic heterocycles. The Morgan fingerprint density at radius 3 is 1.43 bits per heavy atom. The first-order valence-electron chi connectivity index (χ1n) is 21.0. The van der Waals surface area contributed by atoms with Crippen molar-refractivity contribution < 1.29 is 38.2 Å². The van der Waals surface area contributed by atoms with Crippen molar-refractivity contribution in [2.75, 3.05) is 34.5 Å². The lowest BCUT2D eigenvalue weighted by Crippen LogP contribution is -2.32. The first kappa shape index (κ1) is 53.5. The van der Waals surface area contributed by atoms with E-state index in [-0.39, 0.29) is 55.7 Å². The number of nitrogens with zero attached hydrogens (tertiary/aromatic N) is 4. The Kier molecular flexibility index (Phi) is 19.6. The van der Waals surface area contributed by atoms with Gasteiger partial charge in [-0.05, 0) is 107 Å². The van der Waals surface area contributed by atoms with Gasteiger partial charge >= 0.3 is 0 Å². The molecule has 5 aromatic carbocycles. The minimum atomic E-state index is -1.66. The highest BCUT2D eigenvalue weighted by Gasteiger charge is 2.27. The van der Waals surface area contributed by atoms with Gasteiger partial charge in [0.15, 0.2) is 11.6 Å². The fourth-order valence-corrected chi connectivity index (χ4v) is 7.34. The summed E-state index contributed by atoms with van der Waals surface area (Å²) in [5.74, 6) is -2.95. The summed E-state index contributed by atoms with van der Waals surface area (Å²) >= 11 is 31.4. The van der Waals surface area contributed by atoms with Gasteiger partial charge < -0.3 is 30.7 Å². The summed E-state index contributed by atoms with van der Waals surface area (Å²) in [6.45, 7) is 8.19. The number of hydrogen-bond acceptors (Lipinski definition) is 12. The number of carbonyl (C=O) groups excluding carboxylic acids is 6. The average molecular weight is 1040 g/mol. The van der Waals surface area contributed by atoms with E-state index in [1.165, 1.54) is 54.6 Å². The Morgan fingerprint density at radius 2 is 1.03 bits per heavy atom. The van der Waals surface area contributed by atoms with E-state index in [1.807, 2.05) is 0 Å². The molecular formula is C48H45Cl5N8O8. The fourth-order valence-electron chi connectivity index (χ4n) is 6.43. The van der Waals surface area contributed by atoms with Gasteiger partial charge in [0, 0.05) is 33.6 Å². The van der Waals surface area contributed by atoms with E-state index in [9.17, 15) is 28.8 Å². The van der Waals surface area contributed by atoms with Crippen molar-refractivity contribution in [3.05, 3.63) is 129 Å². The second-order valence-corrected chi connectivity index (χ2v) is 16.8. The molecule has 0 bridgehead atoms. The third-order valence-electron chi connectivity index (χ3n) is 9.81. The minimum absolute atomic E-state index is 0.00262. The summed E-state index contributed by atoms with van der Waals surface area (Å²) in [7, 11) is 0. The molecule has 0 saturated carbocycles. The number of nitrogens with one attached hydrogen (secondary N) is 4. The number of para-hydroxylation sites is 2. The fraction of sp³-hybridized carbons (Fsp3) is 0.250. The normalized spacial score (nSPS) is 12.5. The zero-order chi connectivity index (χ0) is 50.4. The Bertz CT molecular complexity index is 2820. The molecule has 0 aliphatic heterocycles. The van der Waals surface area contributed by atoms with E-state index in [2.05, 4.69) is 41.7 Å². The van der Waals surface area contributed by atoms with Gasteiger partial charge in [-0.2, -0.15) is 20.5 Å². The second kappa shape index (κ2) is 25.3. The molecule has 0 aliphatic rings. The lowest BCUT2D eigenvalue weighted by molar-refractivity contribution is -0.127. The van der Waals surface area contributed by atoms with Crippen LogP contribution >= 0.6 is 58.0 Å². The molecule has 5 aromatic rings. The van der Waals surface area contributed by atoms with Crippen molar-refractivity contribution in [1.82, 2.24) is 0 Å². The second-order valence-electron chi connectivity index (χ2n) is 14.8. The van der Waals surface area contributed by atoms with Gasteiger partial charge in [-0.1, -0.05) is 47.5 Å². The Morgan fingerprint density at radius 1 is 0.580 bits per heavy atom. The van der Waals surface area contributed by atoms with E-state index in [4.69, 9.17) is 67.5 Å². The number of Topliss-reactive ketones (excluding diaryl/α,β-unsaturated/α-hetero) is 2. The van der Waals surface area contributed by atoms with E-state index in [1.54, 1.807) is 57.2 Å². The molecule has 4 N–H and O–H groups in total. The maximum Gasteiger partial charge on any atom is 0.258 e. The Balaban J connectivity index is 1.29. The number of alkyl halides is 3. The lowest BCUT2D eigenvalue weighted by atomic mass is 10.1. The SMILES string of the molecule is CCOc1c(CCl)cccc1NC(=O)c1ccc(Cl)c(N=NC(C(C)=O)C(=O)Nc2ccc(NC(=O)C(N=Nc3cc(C(=O)Nc4cccc(CCl)c4OCC)ccc3Cl)C(C)=O)c(C(C)Cl)c2)c1. The highest BCUT2D eigenvalue weighted by molar-refractivity contribution is 6.33. The highest BCUT2D eigenvalue weighted by atomic mass is 35.5. The molecular weight excluding hydrogens is 994 g/mol. The topological polar surface area (TPSA) is 218 Å². The van der Waals surface area contributed by atoms with Crippen molar-refractivity contribution >= 4 is 127 Å². The molecule has 0 radical (unpaired) electrons. The first-order valence-corrected chi connectivity index (χ1v) is 23.3. The molecule has 0 heterocycles. The molecule has 0 fully saturated rings. The van der Waals surface area contributed by atoms with Crippen LogP contribution in [0.2, 0.25) is 10.0 Å². The van der Waals surface area contributed by atoms with E-state index in [0.29, 0.717) is 52.8 Å². The number of rotatable bonds is 21. The number of benzene rings is 5.